The van der Waals surface area contributed by atoms with Crippen LogP contribution in [0.2, 0.25) is 5.02 Å². The molecule has 0 aliphatic heterocycles. The van der Waals surface area contributed by atoms with E-state index in [1.54, 1.807) is 25.1 Å². The molecule has 110 valence electrons. The van der Waals surface area contributed by atoms with E-state index in [9.17, 15) is 9.59 Å². The molecule has 0 unspecified atom stereocenters. The topological polar surface area (TPSA) is 68.3 Å². The number of hydrogen-bond acceptors (Lipinski definition) is 6. The van der Waals surface area contributed by atoms with Crippen LogP contribution in [0, 0.1) is 0 Å². The first-order valence-corrected chi connectivity index (χ1v) is 7.42. The first kappa shape index (κ1) is 15.5. The van der Waals surface area contributed by atoms with Gasteiger partial charge in [0, 0.05) is 17.6 Å². The van der Waals surface area contributed by atoms with E-state index in [2.05, 4.69) is 10.3 Å². The zero-order chi connectivity index (χ0) is 15.4. The second kappa shape index (κ2) is 6.69. The Bertz CT molecular complexity index is 685. The average Bonchev–Trinajstić information content (AvgIpc) is 2.83. The first-order chi connectivity index (χ1) is 10.0. The SMILES string of the molecule is CCOC(=O)c1nc(Nc2cccc(Cl)c2)sc1C(C)=O. The fourth-order valence-corrected chi connectivity index (χ4v) is 2.70. The van der Waals surface area contributed by atoms with Gasteiger partial charge in [0.25, 0.3) is 0 Å². The van der Waals surface area contributed by atoms with Gasteiger partial charge in [0.15, 0.2) is 16.6 Å². The minimum Gasteiger partial charge on any atom is -0.461 e. The van der Waals surface area contributed by atoms with E-state index < -0.39 is 5.97 Å². The van der Waals surface area contributed by atoms with Crippen LogP contribution in [0.3, 0.4) is 0 Å². The Kier molecular flexibility index (Phi) is 4.93. The molecule has 0 spiro atoms. The number of aromatic nitrogens is 1. The van der Waals surface area contributed by atoms with Crippen LogP contribution in [0.4, 0.5) is 10.8 Å². The lowest BCUT2D eigenvalue weighted by molar-refractivity contribution is 0.0517. The molecule has 1 N–H and O–H groups in total. The highest BCUT2D eigenvalue weighted by Crippen LogP contribution is 2.28. The number of hydrogen-bond donors (Lipinski definition) is 1. The van der Waals surface area contributed by atoms with Crippen molar-refractivity contribution in [1.82, 2.24) is 4.98 Å². The van der Waals surface area contributed by atoms with Gasteiger partial charge in [0.05, 0.1) is 6.61 Å². The molecular formula is C14H13ClN2O3S. The summed E-state index contributed by atoms with van der Waals surface area (Å²) in [6.07, 6.45) is 0. The Morgan fingerprint density at radius 2 is 2.19 bits per heavy atom. The summed E-state index contributed by atoms with van der Waals surface area (Å²) in [5.41, 5.74) is 0.764. The van der Waals surface area contributed by atoms with E-state index in [1.165, 1.54) is 6.92 Å². The minimum atomic E-state index is -0.599. The van der Waals surface area contributed by atoms with Crippen LogP contribution in [0.15, 0.2) is 24.3 Å². The Morgan fingerprint density at radius 3 is 2.81 bits per heavy atom. The lowest BCUT2D eigenvalue weighted by Crippen LogP contribution is -2.09. The van der Waals surface area contributed by atoms with Gasteiger partial charge in [-0.1, -0.05) is 29.0 Å². The number of nitrogens with one attached hydrogen (secondary N) is 1. The number of halogens is 1. The second-order valence-electron chi connectivity index (χ2n) is 4.11. The lowest BCUT2D eigenvalue weighted by atomic mass is 10.3. The van der Waals surface area contributed by atoms with Gasteiger partial charge in [0.1, 0.15) is 4.88 Å². The van der Waals surface area contributed by atoms with Crippen molar-refractivity contribution in [3.05, 3.63) is 39.9 Å². The summed E-state index contributed by atoms with van der Waals surface area (Å²) < 4.78 is 4.91. The number of nitrogens with zero attached hydrogens (tertiary/aromatic N) is 1. The third-order valence-corrected chi connectivity index (χ3v) is 3.80. The van der Waals surface area contributed by atoms with Crippen LogP contribution in [-0.2, 0) is 4.74 Å². The molecule has 0 fully saturated rings. The van der Waals surface area contributed by atoms with Crippen molar-refractivity contribution in [1.29, 1.82) is 0 Å². The molecule has 0 radical (unpaired) electrons. The summed E-state index contributed by atoms with van der Waals surface area (Å²) >= 11 is 7.01. The number of ether oxygens (including phenoxy) is 1. The third kappa shape index (κ3) is 3.80. The smallest absolute Gasteiger partial charge is 0.358 e. The van der Waals surface area contributed by atoms with E-state index in [0.29, 0.717) is 10.2 Å². The number of carbonyl (C=O) groups excluding carboxylic acids is 2. The predicted molar refractivity (Wildman–Crippen MR) is 82.8 cm³/mol. The second-order valence-corrected chi connectivity index (χ2v) is 5.54. The normalized spacial score (nSPS) is 10.2. The number of thiazole rings is 1. The van der Waals surface area contributed by atoms with Crippen LogP contribution in [0.1, 0.15) is 34.0 Å². The van der Waals surface area contributed by atoms with Crippen molar-refractivity contribution in [3.8, 4) is 0 Å². The van der Waals surface area contributed by atoms with Crippen LogP contribution in [-0.4, -0.2) is 23.3 Å². The van der Waals surface area contributed by atoms with E-state index in [4.69, 9.17) is 16.3 Å². The summed E-state index contributed by atoms with van der Waals surface area (Å²) in [5, 5.41) is 4.03. The van der Waals surface area contributed by atoms with Crippen molar-refractivity contribution in [2.24, 2.45) is 0 Å². The molecule has 7 heteroatoms. The first-order valence-electron chi connectivity index (χ1n) is 6.22. The van der Waals surface area contributed by atoms with Crippen molar-refractivity contribution in [2.75, 3.05) is 11.9 Å². The van der Waals surface area contributed by atoms with Gasteiger partial charge < -0.3 is 10.1 Å². The van der Waals surface area contributed by atoms with Crippen LogP contribution < -0.4 is 5.32 Å². The molecule has 0 amide bonds. The molecule has 0 atom stereocenters. The summed E-state index contributed by atoms with van der Waals surface area (Å²) in [4.78, 5) is 27.8. The molecule has 0 aliphatic rings. The third-order valence-electron chi connectivity index (χ3n) is 2.49. The maximum Gasteiger partial charge on any atom is 0.358 e. The van der Waals surface area contributed by atoms with Gasteiger partial charge in [-0.2, -0.15) is 0 Å². The standard InChI is InChI=1S/C14H13ClN2O3S/c1-3-20-13(19)11-12(8(2)18)21-14(17-11)16-10-6-4-5-9(15)7-10/h4-7H,3H2,1-2H3,(H,16,17). The van der Waals surface area contributed by atoms with Crippen LogP contribution >= 0.6 is 22.9 Å². The maximum atomic E-state index is 11.8. The van der Waals surface area contributed by atoms with Crippen LogP contribution in [0.5, 0.6) is 0 Å². The van der Waals surface area contributed by atoms with Gasteiger partial charge in [0.2, 0.25) is 0 Å². The molecule has 0 aliphatic carbocycles. The zero-order valence-corrected chi connectivity index (χ0v) is 13.0. The molecule has 21 heavy (non-hydrogen) atoms. The monoisotopic (exact) mass is 324 g/mol. The molecule has 2 aromatic rings. The summed E-state index contributed by atoms with van der Waals surface area (Å²) in [6, 6.07) is 7.07. The number of carbonyl (C=O) groups is 2. The Labute approximate surface area is 130 Å². The number of rotatable bonds is 5. The van der Waals surface area contributed by atoms with E-state index in [1.807, 2.05) is 6.07 Å². The number of benzene rings is 1. The Balaban J connectivity index is 2.31. The number of anilines is 2. The molecule has 2 rings (SSSR count). The molecule has 1 aromatic heterocycles. The highest BCUT2D eigenvalue weighted by atomic mass is 35.5. The van der Waals surface area contributed by atoms with Crippen molar-refractivity contribution in [3.63, 3.8) is 0 Å². The summed E-state index contributed by atoms with van der Waals surface area (Å²) in [5.74, 6) is -0.826. The maximum absolute atomic E-state index is 11.8. The van der Waals surface area contributed by atoms with E-state index in [-0.39, 0.29) is 23.0 Å². The molecular weight excluding hydrogens is 312 g/mol. The summed E-state index contributed by atoms with van der Waals surface area (Å²) in [6.45, 7) is 3.31. The molecule has 1 aromatic carbocycles. The van der Waals surface area contributed by atoms with E-state index >= 15 is 0 Å². The Morgan fingerprint density at radius 1 is 1.43 bits per heavy atom. The number of Topliss-reactive ketones (excluding diaryl/α,β-unsaturated/α-hetero) is 1. The highest BCUT2D eigenvalue weighted by Gasteiger charge is 2.22. The fraction of sp³-hybridized carbons (Fsp3) is 0.214. The van der Waals surface area contributed by atoms with Crippen molar-refractivity contribution >= 4 is 45.5 Å². The lowest BCUT2D eigenvalue weighted by Gasteiger charge is -2.02. The zero-order valence-electron chi connectivity index (χ0n) is 11.5. The number of esters is 1. The van der Waals surface area contributed by atoms with Gasteiger partial charge in [-0.05, 0) is 25.1 Å². The fourth-order valence-electron chi connectivity index (χ4n) is 1.64. The molecule has 0 bridgehead atoms. The highest BCUT2D eigenvalue weighted by molar-refractivity contribution is 7.17. The summed E-state index contributed by atoms with van der Waals surface area (Å²) in [7, 11) is 0. The largest absolute Gasteiger partial charge is 0.461 e. The van der Waals surface area contributed by atoms with E-state index in [0.717, 1.165) is 17.0 Å². The van der Waals surface area contributed by atoms with Crippen molar-refractivity contribution in [2.45, 2.75) is 13.8 Å². The predicted octanol–water partition coefficient (Wildman–Crippen LogP) is 3.92. The minimum absolute atomic E-state index is 0.0406. The van der Waals surface area contributed by atoms with Crippen LogP contribution in [0.25, 0.3) is 0 Å². The Hall–Kier alpha value is -1.92. The molecule has 0 saturated heterocycles. The van der Waals surface area contributed by atoms with Crippen molar-refractivity contribution < 1.29 is 14.3 Å². The average molecular weight is 325 g/mol. The molecule has 0 saturated carbocycles. The van der Waals surface area contributed by atoms with Gasteiger partial charge >= 0.3 is 5.97 Å². The molecule has 1 heterocycles. The van der Waals surface area contributed by atoms with Gasteiger partial charge in [-0.3, -0.25) is 4.79 Å². The number of ketones is 1. The quantitative estimate of drug-likeness (QED) is 0.667. The van der Waals surface area contributed by atoms with Gasteiger partial charge in [-0.25, -0.2) is 9.78 Å². The van der Waals surface area contributed by atoms with Gasteiger partial charge in [-0.15, -0.1) is 0 Å². The molecule has 5 nitrogen and oxygen atoms in total.